The molecule has 7 nitrogen and oxygen atoms in total. The molecule has 2 heterocycles. The lowest BCUT2D eigenvalue weighted by atomic mass is 10.1. The van der Waals surface area contributed by atoms with Gasteiger partial charge < -0.3 is 4.90 Å². The van der Waals surface area contributed by atoms with Crippen LogP contribution in [0.2, 0.25) is 0 Å². The molecule has 0 unspecified atom stereocenters. The van der Waals surface area contributed by atoms with E-state index in [2.05, 4.69) is 21.3 Å². The number of hydrogen-bond donors (Lipinski definition) is 1. The number of nitrogens with zero attached hydrogens (tertiary/aromatic N) is 5. The van der Waals surface area contributed by atoms with Crippen LogP contribution >= 0.6 is 0 Å². The van der Waals surface area contributed by atoms with Crippen LogP contribution in [-0.2, 0) is 6.54 Å². The second kappa shape index (κ2) is 5.09. The molecule has 2 aromatic heterocycles. The first kappa shape index (κ1) is 12.9. The maximum Gasteiger partial charge on any atom is 0.348 e. The van der Waals surface area contributed by atoms with Crippen LogP contribution in [-0.4, -0.2) is 26.6 Å². The second-order valence-corrected chi connectivity index (χ2v) is 4.67. The van der Waals surface area contributed by atoms with E-state index in [0.29, 0.717) is 23.6 Å². The number of rotatable bonds is 3. The Labute approximate surface area is 120 Å². The lowest BCUT2D eigenvalue weighted by Gasteiger charge is -2.18. The van der Waals surface area contributed by atoms with E-state index in [4.69, 9.17) is 5.26 Å². The number of hydrogen-bond acceptors (Lipinski definition) is 5. The van der Waals surface area contributed by atoms with Gasteiger partial charge in [-0.15, -0.1) is 0 Å². The molecule has 1 aromatic carbocycles. The van der Waals surface area contributed by atoms with Gasteiger partial charge in [0.2, 0.25) is 0 Å². The van der Waals surface area contributed by atoms with Crippen molar-refractivity contribution < 1.29 is 0 Å². The first-order valence-corrected chi connectivity index (χ1v) is 6.30. The van der Waals surface area contributed by atoms with Crippen molar-refractivity contribution in [3.05, 3.63) is 58.3 Å². The summed E-state index contributed by atoms with van der Waals surface area (Å²) in [5.74, 6) is 0.698. The van der Waals surface area contributed by atoms with E-state index < -0.39 is 0 Å². The Hall–Kier alpha value is -3.14. The molecule has 7 heteroatoms. The summed E-state index contributed by atoms with van der Waals surface area (Å²) in [5.41, 5.74) is 1.84. The Morgan fingerprint density at radius 1 is 1.43 bits per heavy atom. The Kier molecular flexibility index (Phi) is 3.12. The zero-order chi connectivity index (χ0) is 14.8. The normalized spacial score (nSPS) is 10.5. The minimum absolute atomic E-state index is 0.312. The van der Waals surface area contributed by atoms with Gasteiger partial charge >= 0.3 is 5.69 Å². The molecular formula is C14H12N6O. The number of H-pyrrole nitrogens is 1. The van der Waals surface area contributed by atoms with Gasteiger partial charge in [-0.3, -0.25) is 0 Å². The van der Waals surface area contributed by atoms with Crippen LogP contribution in [0, 0.1) is 11.3 Å². The van der Waals surface area contributed by atoms with Gasteiger partial charge in [0.05, 0.1) is 11.6 Å². The van der Waals surface area contributed by atoms with Gasteiger partial charge in [0.25, 0.3) is 0 Å². The first-order chi connectivity index (χ1) is 10.2. The van der Waals surface area contributed by atoms with Crippen molar-refractivity contribution in [2.45, 2.75) is 6.54 Å². The maximum absolute atomic E-state index is 11.4. The van der Waals surface area contributed by atoms with E-state index in [1.54, 1.807) is 12.1 Å². The van der Waals surface area contributed by atoms with Crippen molar-refractivity contribution >= 4 is 11.5 Å². The summed E-state index contributed by atoms with van der Waals surface area (Å²) in [5, 5.41) is 15.2. The minimum atomic E-state index is -0.312. The topological polar surface area (TPSA) is 90.1 Å². The summed E-state index contributed by atoms with van der Waals surface area (Å²) in [6.45, 7) is 0.605. The summed E-state index contributed by atoms with van der Waals surface area (Å²) in [6, 6.07) is 11.3. The van der Waals surface area contributed by atoms with Gasteiger partial charge in [0.15, 0.2) is 5.65 Å². The van der Waals surface area contributed by atoms with E-state index in [1.807, 2.05) is 30.1 Å². The maximum atomic E-state index is 11.4. The van der Waals surface area contributed by atoms with Crippen LogP contribution in [0.15, 0.2) is 41.5 Å². The molecule has 0 fully saturated rings. The summed E-state index contributed by atoms with van der Waals surface area (Å²) < 4.78 is 1.34. The molecule has 3 rings (SSSR count). The average Bonchev–Trinajstić information content (AvgIpc) is 2.88. The third kappa shape index (κ3) is 2.47. The van der Waals surface area contributed by atoms with Crippen LogP contribution in [0.4, 0.5) is 5.82 Å². The summed E-state index contributed by atoms with van der Waals surface area (Å²) >= 11 is 0. The summed E-state index contributed by atoms with van der Waals surface area (Å²) in [6.07, 6.45) is 1.44. The zero-order valence-electron chi connectivity index (χ0n) is 11.3. The van der Waals surface area contributed by atoms with Gasteiger partial charge in [-0.05, 0) is 17.7 Å². The van der Waals surface area contributed by atoms with Crippen LogP contribution < -0.4 is 10.6 Å². The Morgan fingerprint density at radius 2 is 2.29 bits per heavy atom. The molecule has 0 aliphatic rings. The zero-order valence-corrected chi connectivity index (χ0v) is 11.3. The van der Waals surface area contributed by atoms with Crippen molar-refractivity contribution in [2.75, 3.05) is 11.9 Å². The number of benzene rings is 1. The fourth-order valence-electron chi connectivity index (χ4n) is 2.10. The Morgan fingerprint density at radius 3 is 3.10 bits per heavy atom. The molecular weight excluding hydrogens is 268 g/mol. The van der Waals surface area contributed by atoms with Crippen molar-refractivity contribution in [3.8, 4) is 6.07 Å². The number of anilines is 1. The lowest BCUT2D eigenvalue weighted by molar-refractivity contribution is 0.884. The van der Waals surface area contributed by atoms with Crippen LogP contribution in [0.5, 0.6) is 0 Å². The van der Waals surface area contributed by atoms with Gasteiger partial charge in [0, 0.05) is 19.7 Å². The molecule has 0 bridgehead atoms. The minimum Gasteiger partial charge on any atom is -0.355 e. The van der Waals surface area contributed by atoms with Crippen LogP contribution in [0.3, 0.4) is 0 Å². The molecule has 0 spiro atoms. The standard InChI is InChI=1S/C14H12N6O/c1-19(8-11-4-2-3-10(5-11)7-15)12-6-13-17-18-14(21)20(13)9-16-12/h2-6,9H,8H2,1H3,(H,18,21). The molecule has 21 heavy (non-hydrogen) atoms. The molecule has 0 aliphatic heterocycles. The highest BCUT2D eigenvalue weighted by atomic mass is 16.1. The molecule has 0 atom stereocenters. The highest BCUT2D eigenvalue weighted by molar-refractivity contribution is 5.50. The van der Waals surface area contributed by atoms with E-state index in [9.17, 15) is 4.79 Å². The fourth-order valence-corrected chi connectivity index (χ4v) is 2.10. The van der Waals surface area contributed by atoms with Crippen molar-refractivity contribution in [3.63, 3.8) is 0 Å². The van der Waals surface area contributed by atoms with Gasteiger partial charge in [0.1, 0.15) is 12.1 Å². The summed E-state index contributed by atoms with van der Waals surface area (Å²) in [7, 11) is 1.89. The SMILES string of the molecule is CN(Cc1cccc(C#N)c1)c1cc2n[nH]c(=O)n2cn1. The second-order valence-electron chi connectivity index (χ2n) is 4.67. The Bertz CT molecular complexity index is 888. The van der Waals surface area contributed by atoms with E-state index in [0.717, 1.165) is 5.56 Å². The number of aromatic amines is 1. The predicted octanol–water partition coefficient (Wildman–Crippen LogP) is 0.926. The molecule has 104 valence electrons. The van der Waals surface area contributed by atoms with Crippen molar-refractivity contribution in [1.82, 2.24) is 19.6 Å². The number of fused-ring (bicyclic) bond motifs is 1. The molecule has 0 aliphatic carbocycles. The van der Waals surface area contributed by atoms with E-state index in [1.165, 1.54) is 10.7 Å². The quantitative estimate of drug-likeness (QED) is 0.770. The number of nitrogens with one attached hydrogen (secondary N) is 1. The molecule has 3 aromatic rings. The number of nitriles is 1. The highest BCUT2D eigenvalue weighted by Gasteiger charge is 2.07. The van der Waals surface area contributed by atoms with Crippen LogP contribution in [0.1, 0.15) is 11.1 Å². The van der Waals surface area contributed by atoms with E-state index in [-0.39, 0.29) is 5.69 Å². The van der Waals surface area contributed by atoms with E-state index >= 15 is 0 Å². The Balaban J connectivity index is 1.87. The molecule has 0 amide bonds. The third-order valence-corrected chi connectivity index (χ3v) is 3.16. The van der Waals surface area contributed by atoms with Crippen molar-refractivity contribution in [1.29, 1.82) is 5.26 Å². The number of aromatic nitrogens is 4. The van der Waals surface area contributed by atoms with Crippen LogP contribution in [0.25, 0.3) is 5.65 Å². The largest absolute Gasteiger partial charge is 0.355 e. The lowest BCUT2D eigenvalue weighted by Crippen LogP contribution is -2.18. The third-order valence-electron chi connectivity index (χ3n) is 3.16. The molecule has 0 radical (unpaired) electrons. The fraction of sp³-hybridized carbons (Fsp3) is 0.143. The highest BCUT2D eigenvalue weighted by Crippen LogP contribution is 2.14. The van der Waals surface area contributed by atoms with Crippen molar-refractivity contribution in [2.24, 2.45) is 0 Å². The predicted molar refractivity (Wildman–Crippen MR) is 76.9 cm³/mol. The molecule has 0 saturated heterocycles. The van der Waals surface area contributed by atoms with Gasteiger partial charge in [-0.2, -0.15) is 10.4 Å². The van der Waals surface area contributed by atoms with Gasteiger partial charge in [-0.1, -0.05) is 12.1 Å². The van der Waals surface area contributed by atoms with Gasteiger partial charge in [-0.25, -0.2) is 19.3 Å². The smallest absolute Gasteiger partial charge is 0.348 e. The summed E-state index contributed by atoms with van der Waals surface area (Å²) in [4.78, 5) is 17.6. The first-order valence-electron chi connectivity index (χ1n) is 6.30. The molecule has 1 N–H and O–H groups in total. The molecule has 0 saturated carbocycles. The monoisotopic (exact) mass is 280 g/mol. The average molecular weight is 280 g/mol.